The fourth-order valence-electron chi connectivity index (χ4n) is 1.62. The number of hydrogen-bond acceptors (Lipinski definition) is 5. The molecule has 0 aromatic carbocycles. The highest BCUT2D eigenvalue weighted by molar-refractivity contribution is 5.36. The first-order valence-corrected chi connectivity index (χ1v) is 5.52. The van der Waals surface area contributed by atoms with Gasteiger partial charge in [0.25, 0.3) is 0 Å². The maximum Gasteiger partial charge on any atom is 0.124 e. The molecule has 7 nitrogen and oxygen atoms in total. The number of nitrogens with one attached hydrogen (secondary N) is 1. The lowest BCUT2D eigenvalue weighted by atomic mass is 10.4. The zero-order valence-electron chi connectivity index (χ0n) is 10.1. The van der Waals surface area contributed by atoms with Crippen LogP contribution in [0.3, 0.4) is 0 Å². The average Bonchev–Trinajstić information content (AvgIpc) is 2.83. The number of rotatable bonds is 5. The summed E-state index contributed by atoms with van der Waals surface area (Å²) in [6.07, 6.45) is 1.89. The largest absolute Gasteiger partial charge is 0.364 e. The van der Waals surface area contributed by atoms with Gasteiger partial charge in [-0.3, -0.25) is 9.36 Å². The Kier molecular flexibility index (Phi) is 3.38. The van der Waals surface area contributed by atoms with Crippen LogP contribution in [0.4, 0.5) is 5.82 Å². The van der Waals surface area contributed by atoms with Gasteiger partial charge in [0.1, 0.15) is 11.5 Å². The van der Waals surface area contributed by atoms with Crippen molar-refractivity contribution in [1.29, 1.82) is 0 Å². The zero-order valence-corrected chi connectivity index (χ0v) is 10.1. The van der Waals surface area contributed by atoms with Crippen LogP contribution >= 0.6 is 0 Å². The highest BCUT2D eigenvalue weighted by Crippen LogP contribution is 2.08. The number of hydrogen-bond donors (Lipinski definition) is 2. The molecule has 2 heterocycles. The minimum atomic E-state index is 0.567. The van der Waals surface area contributed by atoms with Crippen LogP contribution in [-0.4, -0.2) is 31.3 Å². The summed E-state index contributed by atoms with van der Waals surface area (Å²) in [5.41, 5.74) is 7.32. The molecule has 3 N–H and O–H groups in total. The molecule has 0 amide bonds. The Morgan fingerprint density at radius 3 is 2.94 bits per heavy atom. The van der Waals surface area contributed by atoms with Crippen LogP contribution in [0.1, 0.15) is 11.4 Å². The van der Waals surface area contributed by atoms with Gasteiger partial charge in [-0.15, -0.1) is 5.10 Å². The Balaban J connectivity index is 1.95. The van der Waals surface area contributed by atoms with Crippen molar-refractivity contribution in [3.05, 3.63) is 23.7 Å². The average molecular weight is 235 g/mol. The van der Waals surface area contributed by atoms with Gasteiger partial charge < -0.3 is 11.1 Å². The highest BCUT2D eigenvalue weighted by Gasteiger charge is 2.03. The summed E-state index contributed by atoms with van der Waals surface area (Å²) in [6, 6.07) is 1.99. The van der Waals surface area contributed by atoms with E-state index in [1.165, 1.54) is 0 Å². The van der Waals surface area contributed by atoms with Gasteiger partial charge >= 0.3 is 0 Å². The summed E-state index contributed by atoms with van der Waals surface area (Å²) in [4.78, 5) is 0. The molecule has 0 aliphatic carbocycles. The van der Waals surface area contributed by atoms with E-state index in [1.54, 1.807) is 9.36 Å². The van der Waals surface area contributed by atoms with E-state index >= 15 is 0 Å². The van der Waals surface area contributed by atoms with Gasteiger partial charge in [0.15, 0.2) is 0 Å². The van der Waals surface area contributed by atoms with Crippen molar-refractivity contribution < 1.29 is 0 Å². The van der Waals surface area contributed by atoms with E-state index in [-0.39, 0.29) is 0 Å². The quantitative estimate of drug-likeness (QED) is 0.755. The van der Waals surface area contributed by atoms with E-state index in [0.717, 1.165) is 17.2 Å². The molecule has 0 atom stereocenters. The van der Waals surface area contributed by atoms with Crippen molar-refractivity contribution in [2.45, 2.75) is 20.0 Å². The minimum absolute atomic E-state index is 0.567. The smallest absolute Gasteiger partial charge is 0.124 e. The van der Waals surface area contributed by atoms with Crippen molar-refractivity contribution >= 4 is 5.82 Å². The Morgan fingerprint density at radius 2 is 2.29 bits per heavy atom. The Labute approximate surface area is 99.6 Å². The van der Waals surface area contributed by atoms with E-state index in [4.69, 9.17) is 5.73 Å². The molecule has 0 saturated heterocycles. The molecule has 7 heteroatoms. The zero-order chi connectivity index (χ0) is 12.3. The summed E-state index contributed by atoms with van der Waals surface area (Å²) in [6.45, 7) is 3.85. The number of aryl methyl sites for hydroxylation is 2. The second-order valence-corrected chi connectivity index (χ2v) is 3.91. The minimum Gasteiger partial charge on any atom is -0.364 e. The fourth-order valence-corrected chi connectivity index (χ4v) is 1.62. The number of nitrogens with two attached hydrogens (primary N) is 1. The van der Waals surface area contributed by atoms with Crippen LogP contribution in [-0.2, 0) is 20.1 Å². The van der Waals surface area contributed by atoms with E-state index in [9.17, 15) is 0 Å². The van der Waals surface area contributed by atoms with Crippen molar-refractivity contribution in [2.75, 3.05) is 11.9 Å². The van der Waals surface area contributed by atoms with E-state index in [2.05, 4.69) is 20.7 Å². The third kappa shape index (κ3) is 2.82. The summed E-state index contributed by atoms with van der Waals surface area (Å²) in [5, 5.41) is 15.5. The van der Waals surface area contributed by atoms with Crippen LogP contribution in [0.2, 0.25) is 0 Å². The van der Waals surface area contributed by atoms with Crippen LogP contribution < -0.4 is 11.1 Å². The normalized spacial score (nSPS) is 10.8. The van der Waals surface area contributed by atoms with Gasteiger partial charge in [-0.2, -0.15) is 5.10 Å². The van der Waals surface area contributed by atoms with E-state index < -0.39 is 0 Å². The van der Waals surface area contributed by atoms with Gasteiger partial charge in [0.05, 0.1) is 25.0 Å². The van der Waals surface area contributed by atoms with Gasteiger partial charge in [-0.25, -0.2) is 0 Å². The summed E-state index contributed by atoms with van der Waals surface area (Å²) in [7, 11) is 1.90. The van der Waals surface area contributed by atoms with Gasteiger partial charge in [-0.05, 0) is 6.92 Å². The molecule has 0 radical (unpaired) electrons. The van der Waals surface area contributed by atoms with Crippen LogP contribution in [0.5, 0.6) is 0 Å². The molecule has 0 unspecified atom stereocenters. The Morgan fingerprint density at radius 1 is 1.47 bits per heavy atom. The summed E-state index contributed by atoms with van der Waals surface area (Å²) in [5.74, 6) is 0.968. The Hall–Kier alpha value is -1.89. The first kappa shape index (κ1) is 11.6. The van der Waals surface area contributed by atoms with Crippen LogP contribution in [0.15, 0.2) is 12.3 Å². The molecule has 0 aliphatic heterocycles. The van der Waals surface area contributed by atoms with Crippen LogP contribution in [0, 0.1) is 6.92 Å². The van der Waals surface area contributed by atoms with Crippen molar-refractivity contribution in [2.24, 2.45) is 12.8 Å². The maximum absolute atomic E-state index is 5.44. The lowest BCUT2D eigenvalue weighted by Crippen LogP contribution is -2.10. The molecule has 2 aromatic heterocycles. The van der Waals surface area contributed by atoms with E-state index in [0.29, 0.717) is 19.6 Å². The SMILES string of the molecule is Cc1cc(NCc2cn(CCN)nn2)n(C)n1. The first-order valence-electron chi connectivity index (χ1n) is 5.52. The van der Waals surface area contributed by atoms with Crippen molar-refractivity contribution in [3.8, 4) is 0 Å². The lowest BCUT2D eigenvalue weighted by Gasteiger charge is -2.02. The first-order chi connectivity index (χ1) is 8.19. The molecule has 2 aromatic rings. The molecule has 0 fully saturated rings. The number of aromatic nitrogens is 5. The lowest BCUT2D eigenvalue weighted by molar-refractivity contribution is 0.598. The predicted octanol–water partition coefficient (Wildman–Crippen LogP) is -0.109. The van der Waals surface area contributed by atoms with E-state index in [1.807, 2.05) is 26.2 Å². The molecule has 92 valence electrons. The second kappa shape index (κ2) is 4.96. The number of nitrogens with zero attached hydrogens (tertiary/aromatic N) is 5. The van der Waals surface area contributed by atoms with Crippen molar-refractivity contribution in [1.82, 2.24) is 24.8 Å². The molecular formula is C10H17N7. The highest BCUT2D eigenvalue weighted by atomic mass is 15.4. The molecule has 0 spiro atoms. The third-order valence-electron chi connectivity index (χ3n) is 2.40. The third-order valence-corrected chi connectivity index (χ3v) is 2.40. The topological polar surface area (TPSA) is 86.6 Å². The van der Waals surface area contributed by atoms with Gasteiger partial charge in [-0.1, -0.05) is 5.21 Å². The molecule has 0 aliphatic rings. The predicted molar refractivity (Wildman–Crippen MR) is 64.3 cm³/mol. The van der Waals surface area contributed by atoms with Crippen LogP contribution in [0.25, 0.3) is 0 Å². The second-order valence-electron chi connectivity index (χ2n) is 3.91. The van der Waals surface area contributed by atoms with Crippen molar-refractivity contribution in [3.63, 3.8) is 0 Å². The van der Waals surface area contributed by atoms with Gasteiger partial charge in [0.2, 0.25) is 0 Å². The monoisotopic (exact) mass is 235 g/mol. The summed E-state index contributed by atoms with van der Waals surface area (Å²) < 4.78 is 3.55. The molecule has 2 rings (SSSR count). The molecule has 0 bridgehead atoms. The summed E-state index contributed by atoms with van der Waals surface area (Å²) >= 11 is 0. The van der Waals surface area contributed by atoms with Gasteiger partial charge in [0, 0.05) is 19.7 Å². The molecule has 0 saturated carbocycles. The Bertz CT molecular complexity index is 485. The molecular weight excluding hydrogens is 218 g/mol. The number of anilines is 1. The standard InChI is InChI=1S/C10H17N7/c1-8-5-10(16(2)14-8)12-6-9-7-17(4-3-11)15-13-9/h5,7,12H,3-4,6,11H2,1-2H3. The maximum atomic E-state index is 5.44. The fraction of sp³-hybridized carbons (Fsp3) is 0.500. The molecule has 17 heavy (non-hydrogen) atoms.